The summed E-state index contributed by atoms with van der Waals surface area (Å²) in [5.74, 6) is 0. The molecule has 0 fully saturated rings. The van der Waals surface area contributed by atoms with Crippen LogP contribution in [0.3, 0.4) is 0 Å². The molecule has 0 saturated heterocycles. The SMILES string of the molecule is CCn1cc[n+](C)c1.[Fe+2]. The second-order valence-corrected chi connectivity index (χ2v) is 1.91. The summed E-state index contributed by atoms with van der Waals surface area (Å²) in [6, 6.07) is 0. The first kappa shape index (κ1) is 8.73. The summed E-state index contributed by atoms with van der Waals surface area (Å²) in [6.07, 6.45) is 6.14. The minimum Gasteiger partial charge on any atom is -0.240 e. The van der Waals surface area contributed by atoms with Gasteiger partial charge < -0.3 is 0 Å². The second-order valence-electron chi connectivity index (χ2n) is 1.91. The monoisotopic (exact) mass is 167 g/mol. The molecule has 0 aromatic carbocycles. The van der Waals surface area contributed by atoms with Crippen molar-refractivity contribution in [2.45, 2.75) is 13.5 Å². The maximum atomic E-state index is 2.12. The molecule has 3 heteroatoms. The molecule has 0 unspecified atom stereocenters. The Kier molecular flexibility index (Phi) is 3.59. The van der Waals surface area contributed by atoms with Crippen LogP contribution in [-0.4, -0.2) is 4.57 Å². The number of aromatic nitrogens is 2. The normalized spacial score (nSPS) is 8.67. The van der Waals surface area contributed by atoms with Crippen LogP contribution in [0, 0.1) is 0 Å². The van der Waals surface area contributed by atoms with E-state index in [0.29, 0.717) is 0 Å². The Labute approximate surface area is 66.0 Å². The average Bonchev–Trinajstić information content (AvgIpc) is 2.14. The molecule has 0 saturated carbocycles. The summed E-state index contributed by atoms with van der Waals surface area (Å²) in [4.78, 5) is 0. The van der Waals surface area contributed by atoms with E-state index in [1.165, 1.54) is 0 Å². The topological polar surface area (TPSA) is 8.81 Å². The molecule has 0 atom stereocenters. The molecule has 0 aliphatic carbocycles. The van der Waals surface area contributed by atoms with Crippen molar-refractivity contribution in [2.75, 3.05) is 0 Å². The molecule has 1 aromatic rings. The fourth-order valence-electron chi connectivity index (χ4n) is 0.689. The van der Waals surface area contributed by atoms with Gasteiger partial charge in [-0.25, -0.2) is 9.13 Å². The van der Waals surface area contributed by atoms with Gasteiger partial charge in [-0.05, 0) is 6.92 Å². The summed E-state index contributed by atoms with van der Waals surface area (Å²) >= 11 is 0. The van der Waals surface area contributed by atoms with E-state index in [0.717, 1.165) is 6.54 Å². The maximum Gasteiger partial charge on any atom is 2.00 e. The molecule has 1 heterocycles. The van der Waals surface area contributed by atoms with E-state index in [1.807, 2.05) is 17.8 Å². The predicted molar refractivity (Wildman–Crippen MR) is 31.3 cm³/mol. The number of imidazole rings is 1. The molecule has 0 N–H and O–H groups in total. The average molecular weight is 167 g/mol. The Morgan fingerprint density at radius 3 is 2.44 bits per heavy atom. The van der Waals surface area contributed by atoms with Gasteiger partial charge in [0.05, 0.1) is 13.6 Å². The molecule has 2 nitrogen and oxygen atoms in total. The van der Waals surface area contributed by atoms with E-state index in [4.69, 9.17) is 0 Å². The van der Waals surface area contributed by atoms with Gasteiger partial charge in [-0.15, -0.1) is 0 Å². The van der Waals surface area contributed by atoms with E-state index < -0.39 is 0 Å². The standard InChI is InChI=1S/C6H11N2.Fe/c1-3-8-5-4-7(2)6-8;/h4-6H,3H2,1-2H3;/q+1;+2. The van der Waals surface area contributed by atoms with Crippen molar-refractivity contribution in [1.82, 2.24) is 4.57 Å². The molecular weight excluding hydrogens is 156 g/mol. The van der Waals surface area contributed by atoms with Gasteiger partial charge in [-0.2, -0.15) is 0 Å². The van der Waals surface area contributed by atoms with E-state index in [-0.39, 0.29) is 17.1 Å². The first-order chi connectivity index (χ1) is 3.83. The Balaban J connectivity index is 0.000000640. The van der Waals surface area contributed by atoms with Crippen molar-refractivity contribution < 1.29 is 21.6 Å². The molecule has 0 radical (unpaired) electrons. The molecule has 50 valence electrons. The van der Waals surface area contributed by atoms with Gasteiger partial charge in [-0.1, -0.05) is 0 Å². The third-order valence-corrected chi connectivity index (χ3v) is 1.19. The molecule has 0 aliphatic rings. The Bertz CT molecular complexity index is 171. The van der Waals surface area contributed by atoms with Crippen molar-refractivity contribution in [3.8, 4) is 0 Å². The van der Waals surface area contributed by atoms with E-state index in [1.54, 1.807) is 0 Å². The van der Waals surface area contributed by atoms with Crippen LogP contribution in [0.4, 0.5) is 0 Å². The summed E-state index contributed by atoms with van der Waals surface area (Å²) in [5.41, 5.74) is 0. The van der Waals surface area contributed by atoms with Crippen LogP contribution in [0.5, 0.6) is 0 Å². The minimum absolute atomic E-state index is 0. The Morgan fingerprint density at radius 2 is 2.22 bits per heavy atom. The van der Waals surface area contributed by atoms with Crippen molar-refractivity contribution in [3.63, 3.8) is 0 Å². The zero-order valence-electron chi connectivity index (χ0n) is 5.69. The summed E-state index contributed by atoms with van der Waals surface area (Å²) in [6.45, 7) is 3.18. The van der Waals surface area contributed by atoms with Gasteiger partial charge in [0.25, 0.3) is 0 Å². The molecular formula is C6H11FeN2+3. The molecule has 0 amide bonds. The largest absolute Gasteiger partial charge is 2.00 e. The van der Waals surface area contributed by atoms with Gasteiger partial charge in [0.2, 0.25) is 6.33 Å². The van der Waals surface area contributed by atoms with Crippen LogP contribution >= 0.6 is 0 Å². The molecule has 0 spiro atoms. The number of aryl methyl sites for hydroxylation is 2. The molecule has 1 rings (SSSR count). The third kappa shape index (κ3) is 2.20. The van der Waals surface area contributed by atoms with Gasteiger partial charge >= 0.3 is 17.1 Å². The van der Waals surface area contributed by atoms with Crippen molar-refractivity contribution in [1.29, 1.82) is 0 Å². The minimum atomic E-state index is 0. The number of hydrogen-bond acceptors (Lipinski definition) is 0. The van der Waals surface area contributed by atoms with Crippen LogP contribution in [0.1, 0.15) is 6.92 Å². The van der Waals surface area contributed by atoms with Crippen LogP contribution < -0.4 is 4.57 Å². The van der Waals surface area contributed by atoms with Crippen molar-refractivity contribution >= 4 is 0 Å². The molecule has 9 heavy (non-hydrogen) atoms. The Morgan fingerprint density at radius 1 is 1.56 bits per heavy atom. The summed E-state index contributed by atoms with van der Waals surface area (Å²) in [7, 11) is 2.02. The number of nitrogens with zero attached hydrogens (tertiary/aromatic N) is 2. The first-order valence-corrected chi connectivity index (χ1v) is 2.84. The summed E-state index contributed by atoms with van der Waals surface area (Å²) in [5, 5.41) is 0. The van der Waals surface area contributed by atoms with Crippen molar-refractivity contribution in [2.24, 2.45) is 7.05 Å². The Hall–Kier alpha value is -0.271. The fourth-order valence-corrected chi connectivity index (χ4v) is 0.689. The number of hydrogen-bond donors (Lipinski definition) is 0. The first-order valence-electron chi connectivity index (χ1n) is 2.84. The van der Waals surface area contributed by atoms with Gasteiger partial charge in [0.1, 0.15) is 12.4 Å². The van der Waals surface area contributed by atoms with Crippen LogP contribution in [0.25, 0.3) is 0 Å². The quantitative estimate of drug-likeness (QED) is 0.421. The zero-order valence-corrected chi connectivity index (χ0v) is 6.79. The second kappa shape index (κ2) is 3.70. The van der Waals surface area contributed by atoms with Crippen LogP contribution in [0.15, 0.2) is 18.7 Å². The molecule has 1 aromatic heterocycles. The van der Waals surface area contributed by atoms with Crippen LogP contribution in [0.2, 0.25) is 0 Å². The third-order valence-electron chi connectivity index (χ3n) is 1.19. The van der Waals surface area contributed by atoms with Gasteiger partial charge in [0.15, 0.2) is 0 Å². The smallest absolute Gasteiger partial charge is 0.240 e. The zero-order chi connectivity index (χ0) is 5.98. The van der Waals surface area contributed by atoms with Gasteiger partial charge in [-0.3, -0.25) is 0 Å². The van der Waals surface area contributed by atoms with E-state index >= 15 is 0 Å². The summed E-state index contributed by atoms with van der Waals surface area (Å²) < 4.78 is 4.16. The molecule has 0 bridgehead atoms. The fraction of sp³-hybridized carbons (Fsp3) is 0.500. The molecule has 0 aliphatic heterocycles. The van der Waals surface area contributed by atoms with E-state index in [2.05, 4.69) is 24.0 Å². The van der Waals surface area contributed by atoms with E-state index in [9.17, 15) is 0 Å². The van der Waals surface area contributed by atoms with Crippen molar-refractivity contribution in [3.05, 3.63) is 18.7 Å². The van der Waals surface area contributed by atoms with Gasteiger partial charge in [0, 0.05) is 0 Å². The predicted octanol–water partition coefficient (Wildman–Crippen LogP) is 0.330. The maximum absolute atomic E-state index is 2.12. The number of rotatable bonds is 1. The van der Waals surface area contributed by atoms with Crippen LogP contribution in [-0.2, 0) is 30.7 Å².